The third-order valence-electron chi connectivity index (χ3n) is 3.29. The smallest absolute Gasteiger partial charge is 0.387 e. The van der Waals surface area contributed by atoms with Crippen molar-refractivity contribution in [3.8, 4) is 23.0 Å². The first-order valence-corrected chi connectivity index (χ1v) is 7.15. The van der Waals surface area contributed by atoms with Crippen molar-refractivity contribution < 1.29 is 32.5 Å². The van der Waals surface area contributed by atoms with Gasteiger partial charge in [0.15, 0.2) is 23.0 Å². The summed E-state index contributed by atoms with van der Waals surface area (Å²) >= 11 is 0. The average Bonchev–Trinajstić information content (AvgIpc) is 2.60. The molecule has 0 atom stereocenters. The number of anilines is 1. The van der Waals surface area contributed by atoms with Crippen LogP contribution in [0.1, 0.15) is 10.4 Å². The van der Waals surface area contributed by atoms with E-state index >= 15 is 0 Å². The third-order valence-corrected chi connectivity index (χ3v) is 3.29. The van der Waals surface area contributed by atoms with Crippen LogP contribution in [-0.4, -0.2) is 33.8 Å². The lowest BCUT2D eigenvalue weighted by molar-refractivity contribution is -0.0511. The number of halogens is 2. The summed E-state index contributed by atoms with van der Waals surface area (Å²) in [6.45, 7) is -3.02. The van der Waals surface area contributed by atoms with Crippen molar-refractivity contribution in [2.45, 2.75) is 6.61 Å². The van der Waals surface area contributed by atoms with Crippen molar-refractivity contribution in [2.75, 3.05) is 26.6 Å². The summed E-state index contributed by atoms with van der Waals surface area (Å²) in [4.78, 5) is 12.5. The number of hydrogen-bond donors (Lipinski definition) is 1. The second-order valence-corrected chi connectivity index (χ2v) is 4.74. The van der Waals surface area contributed by atoms with E-state index in [0.29, 0.717) is 5.75 Å². The van der Waals surface area contributed by atoms with Gasteiger partial charge in [0.2, 0.25) is 0 Å². The van der Waals surface area contributed by atoms with Crippen molar-refractivity contribution in [3.05, 3.63) is 42.0 Å². The van der Waals surface area contributed by atoms with Gasteiger partial charge in [-0.1, -0.05) is 6.07 Å². The molecule has 0 heterocycles. The van der Waals surface area contributed by atoms with Crippen LogP contribution < -0.4 is 24.3 Å². The van der Waals surface area contributed by atoms with Gasteiger partial charge in [-0.25, -0.2) is 0 Å². The Balaban J connectivity index is 2.29. The molecule has 0 bridgehead atoms. The normalized spacial score (nSPS) is 10.3. The summed E-state index contributed by atoms with van der Waals surface area (Å²) in [7, 11) is 4.20. The van der Waals surface area contributed by atoms with E-state index in [1.807, 2.05) is 0 Å². The van der Waals surface area contributed by atoms with E-state index in [1.165, 1.54) is 39.5 Å². The van der Waals surface area contributed by atoms with Gasteiger partial charge in [0.25, 0.3) is 5.91 Å². The first kappa shape index (κ1) is 18.3. The van der Waals surface area contributed by atoms with Crippen LogP contribution in [0.15, 0.2) is 36.4 Å². The fourth-order valence-corrected chi connectivity index (χ4v) is 2.21. The molecule has 0 unspecified atom stereocenters. The lowest BCUT2D eigenvalue weighted by Crippen LogP contribution is -2.14. The predicted molar refractivity (Wildman–Crippen MR) is 87.1 cm³/mol. The molecule has 1 N–H and O–H groups in total. The summed E-state index contributed by atoms with van der Waals surface area (Å²) in [5, 5.41) is 2.59. The predicted octanol–water partition coefficient (Wildman–Crippen LogP) is 3.57. The maximum Gasteiger partial charge on any atom is 0.387 e. The molecule has 0 saturated carbocycles. The highest BCUT2D eigenvalue weighted by molar-refractivity contribution is 6.06. The number of alkyl halides is 2. The Labute approximate surface area is 143 Å². The molecule has 134 valence electrons. The number of nitrogens with one attached hydrogen (secondary N) is 1. The molecule has 1 amide bonds. The second-order valence-electron chi connectivity index (χ2n) is 4.74. The van der Waals surface area contributed by atoms with Crippen LogP contribution in [0.3, 0.4) is 0 Å². The molecule has 0 aliphatic heterocycles. The molecular formula is C17H17F2NO5. The maximum atomic E-state index is 12.5. The van der Waals surface area contributed by atoms with Crippen LogP contribution in [0.25, 0.3) is 0 Å². The van der Waals surface area contributed by atoms with Crippen LogP contribution in [0.4, 0.5) is 14.5 Å². The zero-order valence-corrected chi connectivity index (χ0v) is 13.8. The Hall–Kier alpha value is -3.03. The summed E-state index contributed by atoms with van der Waals surface area (Å²) < 4.78 is 44.7. The van der Waals surface area contributed by atoms with Crippen LogP contribution in [0, 0.1) is 0 Å². The number of rotatable bonds is 7. The van der Waals surface area contributed by atoms with Crippen LogP contribution in [0.5, 0.6) is 23.0 Å². The quantitative estimate of drug-likeness (QED) is 0.824. The largest absolute Gasteiger partial charge is 0.493 e. The Morgan fingerprint density at radius 1 is 0.960 bits per heavy atom. The zero-order chi connectivity index (χ0) is 18.4. The van der Waals surface area contributed by atoms with E-state index in [1.54, 1.807) is 18.2 Å². The second kappa shape index (κ2) is 8.18. The van der Waals surface area contributed by atoms with E-state index in [0.717, 1.165) is 0 Å². The summed E-state index contributed by atoms with van der Waals surface area (Å²) in [5.74, 6) is 0.0979. The third kappa shape index (κ3) is 4.28. The number of carbonyl (C=O) groups is 1. The minimum Gasteiger partial charge on any atom is -0.493 e. The molecule has 2 aromatic rings. The molecule has 0 fully saturated rings. The molecule has 25 heavy (non-hydrogen) atoms. The minimum absolute atomic E-state index is 0.122. The molecule has 8 heteroatoms. The van der Waals surface area contributed by atoms with Crippen LogP contribution in [-0.2, 0) is 0 Å². The summed E-state index contributed by atoms with van der Waals surface area (Å²) in [6.07, 6.45) is 0. The van der Waals surface area contributed by atoms with E-state index in [9.17, 15) is 13.6 Å². The number of para-hydroxylation sites is 1. The Morgan fingerprint density at radius 2 is 1.68 bits per heavy atom. The van der Waals surface area contributed by atoms with Gasteiger partial charge in [-0.15, -0.1) is 0 Å². The number of amides is 1. The van der Waals surface area contributed by atoms with Gasteiger partial charge in [-0.2, -0.15) is 8.78 Å². The van der Waals surface area contributed by atoms with Gasteiger partial charge in [0, 0.05) is 11.8 Å². The van der Waals surface area contributed by atoms with E-state index in [-0.39, 0.29) is 28.5 Å². The maximum absolute atomic E-state index is 12.5. The molecule has 2 aromatic carbocycles. The monoisotopic (exact) mass is 353 g/mol. The average molecular weight is 353 g/mol. The highest BCUT2D eigenvalue weighted by Crippen LogP contribution is 2.33. The van der Waals surface area contributed by atoms with Crippen molar-refractivity contribution in [2.24, 2.45) is 0 Å². The van der Waals surface area contributed by atoms with Gasteiger partial charge in [0.05, 0.1) is 26.9 Å². The fourth-order valence-electron chi connectivity index (χ4n) is 2.21. The Bertz CT molecular complexity index is 752. The number of carbonyl (C=O) groups excluding carboxylic acids is 1. The number of methoxy groups -OCH3 is 3. The highest BCUT2D eigenvalue weighted by Gasteiger charge is 2.18. The van der Waals surface area contributed by atoms with Gasteiger partial charge in [0.1, 0.15) is 0 Å². The summed E-state index contributed by atoms with van der Waals surface area (Å²) in [6, 6.07) is 9.00. The van der Waals surface area contributed by atoms with E-state index < -0.39 is 12.5 Å². The topological polar surface area (TPSA) is 66.0 Å². The van der Waals surface area contributed by atoms with Gasteiger partial charge >= 0.3 is 6.61 Å². The van der Waals surface area contributed by atoms with E-state index in [2.05, 4.69) is 10.1 Å². The van der Waals surface area contributed by atoms with Gasteiger partial charge in [-0.05, 0) is 24.3 Å². The first-order valence-electron chi connectivity index (χ1n) is 7.15. The van der Waals surface area contributed by atoms with E-state index in [4.69, 9.17) is 14.2 Å². The molecule has 6 nitrogen and oxygen atoms in total. The molecule has 0 radical (unpaired) electrons. The number of hydrogen-bond acceptors (Lipinski definition) is 5. The lowest BCUT2D eigenvalue weighted by Gasteiger charge is -2.14. The zero-order valence-electron chi connectivity index (χ0n) is 13.8. The molecule has 0 aliphatic carbocycles. The molecule has 2 rings (SSSR count). The number of ether oxygens (including phenoxy) is 4. The van der Waals surface area contributed by atoms with Crippen molar-refractivity contribution >= 4 is 11.6 Å². The first-order chi connectivity index (χ1) is 12.0. The minimum atomic E-state index is -3.02. The molecule has 0 aromatic heterocycles. The van der Waals surface area contributed by atoms with Crippen molar-refractivity contribution in [1.29, 1.82) is 0 Å². The standard InChI is InChI=1S/C17H17F2NO5/c1-22-12-8-7-10(9-14(12)25-17(18)19)20-16(21)11-5-4-6-13(23-2)15(11)24-3/h4-9,17H,1-3H3,(H,20,21). The number of benzene rings is 2. The molecule has 0 saturated heterocycles. The Morgan fingerprint density at radius 3 is 2.28 bits per heavy atom. The molecule has 0 aliphatic rings. The SMILES string of the molecule is COc1ccc(NC(=O)c2cccc(OC)c2OC)cc1OC(F)F. The molecular weight excluding hydrogens is 336 g/mol. The Kier molecular flexibility index (Phi) is 5.99. The van der Waals surface area contributed by atoms with Crippen molar-refractivity contribution in [3.63, 3.8) is 0 Å². The molecule has 0 spiro atoms. The summed E-state index contributed by atoms with van der Waals surface area (Å²) in [5.41, 5.74) is 0.486. The highest BCUT2D eigenvalue weighted by atomic mass is 19.3. The lowest BCUT2D eigenvalue weighted by atomic mass is 10.1. The van der Waals surface area contributed by atoms with Gasteiger partial charge < -0.3 is 24.3 Å². The van der Waals surface area contributed by atoms with Crippen LogP contribution in [0.2, 0.25) is 0 Å². The van der Waals surface area contributed by atoms with Gasteiger partial charge in [-0.3, -0.25) is 4.79 Å². The van der Waals surface area contributed by atoms with Crippen LogP contribution >= 0.6 is 0 Å². The fraction of sp³-hybridized carbons (Fsp3) is 0.235. The van der Waals surface area contributed by atoms with Crippen molar-refractivity contribution in [1.82, 2.24) is 0 Å².